The summed E-state index contributed by atoms with van der Waals surface area (Å²) < 4.78 is 1.47. The van der Waals surface area contributed by atoms with E-state index in [0.29, 0.717) is 17.2 Å². The Morgan fingerprint density at radius 1 is 1.15 bits per heavy atom. The van der Waals surface area contributed by atoms with Gasteiger partial charge < -0.3 is 5.32 Å². The highest BCUT2D eigenvalue weighted by Crippen LogP contribution is 2.25. The summed E-state index contributed by atoms with van der Waals surface area (Å²) in [5, 5.41) is 4.67. The second-order valence-electron chi connectivity index (χ2n) is 6.41. The number of halogens is 3. The first-order chi connectivity index (χ1) is 12.6. The Kier molecular flexibility index (Phi) is 6.40. The maximum Gasteiger partial charge on any atom is 0.258 e. The second-order valence-corrected chi connectivity index (χ2v) is 7.28. The lowest BCUT2D eigenvalue weighted by atomic mass is 10.0. The van der Waals surface area contributed by atoms with Crippen molar-refractivity contribution in [3.05, 3.63) is 80.3 Å². The van der Waals surface area contributed by atoms with Crippen molar-refractivity contribution in [2.45, 2.75) is 12.6 Å². The van der Waals surface area contributed by atoms with Crippen molar-refractivity contribution in [2.75, 3.05) is 19.6 Å². The fourth-order valence-corrected chi connectivity index (χ4v) is 3.75. The van der Waals surface area contributed by atoms with Gasteiger partial charge in [-0.1, -0.05) is 35.3 Å². The maximum absolute atomic E-state index is 12.4. The van der Waals surface area contributed by atoms with E-state index >= 15 is 0 Å². The van der Waals surface area contributed by atoms with Crippen molar-refractivity contribution in [3.63, 3.8) is 0 Å². The summed E-state index contributed by atoms with van der Waals surface area (Å²) in [7, 11) is 0. The molecule has 0 aliphatic carbocycles. The minimum absolute atomic E-state index is 0. The molecule has 3 heterocycles. The van der Waals surface area contributed by atoms with E-state index in [1.165, 1.54) is 4.40 Å². The molecule has 1 atom stereocenters. The molecule has 5 nitrogen and oxygen atoms in total. The van der Waals surface area contributed by atoms with Crippen LogP contribution in [-0.4, -0.2) is 33.9 Å². The highest BCUT2D eigenvalue weighted by atomic mass is 35.5. The Balaban J connectivity index is 0.00000210. The Labute approximate surface area is 173 Å². The number of fused-ring (bicyclic) bond motifs is 1. The van der Waals surface area contributed by atoms with E-state index in [1.54, 1.807) is 24.4 Å². The minimum Gasteiger partial charge on any atom is -0.314 e. The van der Waals surface area contributed by atoms with Crippen LogP contribution in [0, 0.1) is 0 Å². The van der Waals surface area contributed by atoms with Gasteiger partial charge in [0.05, 0.1) is 10.7 Å². The van der Waals surface area contributed by atoms with E-state index in [9.17, 15) is 4.79 Å². The predicted molar refractivity (Wildman–Crippen MR) is 111 cm³/mol. The molecule has 0 radical (unpaired) electrons. The van der Waals surface area contributed by atoms with E-state index in [2.05, 4.69) is 21.3 Å². The van der Waals surface area contributed by atoms with Crippen molar-refractivity contribution in [3.8, 4) is 0 Å². The molecule has 1 unspecified atom stereocenters. The van der Waals surface area contributed by atoms with Crippen molar-refractivity contribution in [1.82, 2.24) is 19.6 Å². The fourth-order valence-electron chi connectivity index (χ4n) is 3.39. The number of aromatic nitrogens is 2. The van der Waals surface area contributed by atoms with Gasteiger partial charge in [0, 0.05) is 49.5 Å². The average molecular weight is 426 g/mol. The van der Waals surface area contributed by atoms with Gasteiger partial charge in [-0.15, -0.1) is 12.4 Å². The SMILES string of the molecule is Cl.O=c1cc(CN2CCNCC2c2cccc(Cl)c2)nc2ccc(Cl)cn12. The third-order valence-corrected chi connectivity index (χ3v) is 5.09. The smallest absolute Gasteiger partial charge is 0.258 e. The lowest BCUT2D eigenvalue weighted by molar-refractivity contribution is 0.152. The van der Waals surface area contributed by atoms with Crippen LogP contribution in [0.25, 0.3) is 5.65 Å². The van der Waals surface area contributed by atoms with Gasteiger partial charge in [0.2, 0.25) is 0 Å². The number of pyridine rings is 1. The zero-order chi connectivity index (χ0) is 18.1. The van der Waals surface area contributed by atoms with Crippen LogP contribution in [0.5, 0.6) is 0 Å². The molecule has 2 aromatic heterocycles. The van der Waals surface area contributed by atoms with Crippen LogP contribution < -0.4 is 10.9 Å². The number of benzene rings is 1. The first kappa shape index (κ1) is 20.1. The molecule has 0 bridgehead atoms. The largest absolute Gasteiger partial charge is 0.314 e. The van der Waals surface area contributed by atoms with Crippen LogP contribution in [0.3, 0.4) is 0 Å². The maximum atomic E-state index is 12.4. The van der Waals surface area contributed by atoms with Crippen LogP contribution in [-0.2, 0) is 6.54 Å². The van der Waals surface area contributed by atoms with Gasteiger partial charge in [-0.2, -0.15) is 0 Å². The van der Waals surface area contributed by atoms with Gasteiger partial charge in [0.15, 0.2) is 0 Å². The van der Waals surface area contributed by atoms with Gasteiger partial charge >= 0.3 is 0 Å². The van der Waals surface area contributed by atoms with E-state index < -0.39 is 0 Å². The molecule has 1 aliphatic rings. The quantitative estimate of drug-likeness (QED) is 0.697. The van der Waals surface area contributed by atoms with Gasteiger partial charge in [-0.05, 0) is 29.8 Å². The summed E-state index contributed by atoms with van der Waals surface area (Å²) in [6.07, 6.45) is 1.59. The molecular weight excluding hydrogens is 407 g/mol. The molecule has 4 rings (SSSR count). The second kappa shape index (κ2) is 8.59. The third-order valence-electron chi connectivity index (χ3n) is 4.63. The molecule has 8 heteroatoms. The predicted octanol–water partition coefficient (Wildman–Crippen LogP) is 3.57. The summed E-state index contributed by atoms with van der Waals surface area (Å²) >= 11 is 12.1. The summed E-state index contributed by atoms with van der Waals surface area (Å²) in [5.74, 6) is 0. The number of hydrogen-bond acceptors (Lipinski definition) is 4. The molecule has 1 aromatic carbocycles. The topological polar surface area (TPSA) is 49.6 Å². The molecule has 1 N–H and O–H groups in total. The fraction of sp³-hybridized carbons (Fsp3) is 0.263. The summed E-state index contributed by atoms with van der Waals surface area (Å²) in [5.41, 5.74) is 2.40. The van der Waals surface area contributed by atoms with Gasteiger partial charge in [-0.25, -0.2) is 4.98 Å². The Hall–Kier alpha value is -1.63. The Morgan fingerprint density at radius 3 is 2.81 bits per heavy atom. The molecule has 27 heavy (non-hydrogen) atoms. The van der Waals surface area contributed by atoms with Gasteiger partial charge in [0.25, 0.3) is 5.56 Å². The summed E-state index contributed by atoms with van der Waals surface area (Å²) in [6.45, 7) is 3.22. The molecule has 1 fully saturated rings. The first-order valence-electron chi connectivity index (χ1n) is 8.48. The molecule has 1 saturated heterocycles. The molecule has 0 amide bonds. The average Bonchev–Trinajstić information content (AvgIpc) is 2.63. The molecule has 0 spiro atoms. The molecule has 3 aromatic rings. The van der Waals surface area contributed by atoms with Gasteiger partial charge in [0.1, 0.15) is 5.65 Å². The monoisotopic (exact) mass is 424 g/mol. The standard InChI is InChI=1S/C19H18Cl2N4O.ClH/c20-14-3-1-2-13(8-14)17-10-22-6-7-24(17)12-16-9-19(26)25-11-15(21)4-5-18(25)23-16;/h1-5,8-9,11,17,22H,6-7,10,12H2;1H. The van der Waals surface area contributed by atoms with Crippen molar-refractivity contribution in [1.29, 1.82) is 0 Å². The molecule has 1 aliphatic heterocycles. The number of rotatable bonds is 3. The summed E-state index contributed by atoms with van der Waals surface area (Å²) in [6, 6.07) is 13.2. The van der Waals surface area contributed by atoms with Crippen LogP contribution in [0.4, 0.5) is 0 Å². The van der Waals surface area contributed by atoms with Crippen molar-refractivity contribution >= 4 is 41.3 Å². The third kappa shape index (κ3) is 4.45. The van der Waals surface area contributed by atoms with E-state index in [4.69, 9.17) is 23.2 Å². The molecular formula is C19H19Cl3N4O. The lowest BCUT2D eigenvalue weighted by Gasteiger charge is -2.36. The number of hydrogen-bond donors (Lipinski definition) is 1. The Morgan fingerprint density at radius 2 is 2.00 bits per heavy atom. The van der Waals surface area contributed by atoms with Gasteiger partial charge in [-0.3, -0.25) is 14.1 Å². The Bertz CT molecular complexity index is 1010. The lowest BCUT2D eigenvalue weighted by Crippen LogP contribution is -2.45. The normalized spacial score (nSPS) is 17.6. The molecule has 142 valence electrons. The highest BCUT2D eigenvalue weighted by molar-refractivity contribution is 6.30. The minimum atomic E-state index is -0.123. The van der Waals surface area contributed by atoms with Crippen molar-refractivity contribution in [2.24, 2.45) is 0 Å². The van der Waals surface area contributed by atoms with E-state index in [-0.39, 0.29) is 24.0 Å². The van der Waals surface area contributed by atoms with E-state index in [0.717, 1.165) is 35.9 Å². The van der Waals surface area contributed by atoms with Crippen LogP contribution in [0.2, 0.25) is 10.0 Å². The van der Waals surface area contributed by atoms with E-state index in [1.807, 2.05) is 18.2 Å². The van der Waals surface area contributed by atoms with Crippen molar-refractivity contribution < 1.29 is 0 Å². The number of piperazine rings is 1. The number of nitrogens with zero attached hydrogens (tertiary/aromatic N) is 3. The zero-order valence-electron chi connectivity index (χ0n) is 14.4. The summed E-state index contributed by atoms with van der Waals surface area (Å²) in [4.78, 5) is 19.4. The first-order valence-corrected chi connectivity index (χ1v) is 9.24. The van der Waals surface area contributed by atoms with Crippen LogP contribution >= 0.6 is 35.6 Å². The highest BCUT2D eigenvalue weighted by Gasteiger charge is 2.24. The van der Waals surface area contributed by atoms with Crippen LogP contribution in [0.1, 0.15) is 17.3 Å². The molecule has 0 saturated carbocycles. The number of nitrogens with one attached hydrogen (secondary N) is 1. The zero-order valence-corrected chi connectivity index (χ0v) is 16.8. The van der Waals surface area contributed by atoms with Crippen LogP contribution in [0.15, 0.2) is 53.5 Å².